The van der Waals surface area contributed by atoms with E-state index in [9.17, 15) is 4.79 Å². The molecule has 2 heterocycles. The topological polar surface area (TPSA) is 36.0 Å². The number of hydrazine groups is 1. The summed E-state index contributed by atoms with van der Waals surface area (Å²) in [5.74, 6) is 0.822. The Kier molecular flexibility index (Phi) is 3.42. The highest BCUT2D eigenvalue weighted by Crippen LogP contribution is 2.40. The average molecular weight is 309 g/mol. The zero-order chi connectivity index (χ0) is 15.8. The van der Waals surface area contributed by atoms with Gasteiger partial charge in [0.25, 0.3) is 0 Å². The minimum Gasteiger partial charge on any atom is -0.497 e. The van der Waals surface area contributed by atoms with Gasteiger partial charge < -0.3 is 4.74 Å². The molecule has 2 amide bonds. The lowest BCUT2D eigenvalue weighted by atomic mass is 10.1. The van der Waals surface area contributed by atoms with Crippen LogP contribution < -0.4 is 9.64 Å². The highest BCUT2D eigenvalue weighted by atomic mass is 16.5. The molecule has 1 atom stereocenters. The number of urea groups is 1. The Morgan fingerprint density at radius 1 is 1.00 bits per heavy atom. The van der Waals surface area contributed by atoms with Crippen LogP contribution in [-0.4, -0.2) is 36.2 Å². The summed E-state index contributed by atoms with van der Waals surface area (Å²) < 4.78 is 5.25. The number of carbonyl (C=O) groups is 1. The molecule has 5 heteroatoms. The number of para-hydroxylation sites is 1. The number of nitrogens with zero attached hydrogens (tertiary/aromatic N) is 3. The second-order valence-corrected chi connectivity index (χ2v) is 5.77. The summed E-state index contributed by atoms with van der Waals surface area (Å²) in [4.78, 5) is 14.8. The Morgan fingerprint density at radius 2 is 1.74 bits per heavy atom. The number of fused-ring (bicyclic) bond motifs is 1. The molecule has 2 aliphatic heterocycles. The van der Waals surface area contributed by atoms with Gasteiger partial charge in [0, 0.05) is 18.8 Å². The van der Waals surface area contributed by atoms with Crippen LogP contribution in [0.2, 0.25) is 0 Å². The molecular formula is C18H19N3O2. The third-order valence-electron chi connectivity index (χ3n) is 4.47. The zero-order valence-corrected chi connectivity index (χ0v) is 13.1. The molecule has 23 heavy (non-hydrogen) atoms. The number of hydrogen-bond donors (Lipinski definition) is 0. The van der Waals surface area contributed by atoms with E-state index in [0.29, 0.717) is 0 Å². The monoisotopic (exact) mass is 309 g/mol. The van der Waals surface area contributed by atoms with Crippen LogP contribution in [0.4, 0.5) is 10.5 Å². The molecule has 2 aromatic rings. The molecule has 2 aliphatic rings. The van der Waals surface area contributed by atoms with Crippen molar-refractivity contribution >= 4 is 11.7 Å². The lowest BCUT2D eigenvalue weighted by Crippen LogP contribution is -2.32. The fourth-order valence-electron chi connectivity index (χ4n) is 3.39. The van der Waals surface area contributed by atoms with E-state index in [0.717, 1.165) is 36.5 Å². The van der Waals surface area contributed by atoms with Crippen molar-refractivity contribution in [3.8, 4) is 5.75 Å². The quantitative estimate of drug-likeness (QED) is 0.873. The standard InChI is InChI=1S/C18H19N3O2/c1-23-16-10-8-14(9-11-16)17-19-12-5-13-20(19)18(22)21(17)15-6-3-2-4-7-15/h2-4,6-11,17H,5,12-13H2,1H3/t17-/m0/s1. The summed E-state index contributed by atoms with van der Waals surface area (Å²) in [5, 5.41) is 4.03. The van der Waals surface area contributed by atoms with Gasteiger partial charge in [-0.25, -0.2) is 4.79 Å². The van der Waals surface area contributed by atoms with Crippen LogP contribution in [0, 0.1) is 0 Å². The first kappa shape index (κ1) is 14.1. The van der Waals surface area contributed by atoms with Gasteiger partial charge in [-0.2, -0.15) is 5.01 Å². The van der Waals surface area contributed by atoms with Crippen LogP contribution in [0.25, 0.3) is 0 Å². The number of methoxy groups -OCH3 is 1. The van der Waals surface area contributed by atoms with Gasteiger partial charge >= 0.3 is 6.03 Å². The van der Waals surface area contributed by atoms with E-state index < -0.39 is 0 Å². The number of anilines is 1. The van der Waals surface area contributed by atoms with Gasteiger partial charge in [0.1, 0.15) is 11.9 Å². The Balaban J connectivity index is 1.77. The van der Waals surface area contributed by atoms with Crippen molar-refractivity contribution < 1.29 is 9.53 Å². The van der Waals surface area contributed by atoms with E-state index in [-0.39, 0.29) is 12.2 Å². The van der Waals surface area contributed by atoms with Gasteiger partial charge in [-0.3, -0.25) is 9.91 Å². The first-order valence-corrected chi connectivity index (χ1v) is 7.86. The van der Waals surface area contributed by atoms with Crippen LogP contribution in [0.5, 0.6) is 5.75 Å². The number of rotatable bonds is 3. The minimum absolute atomic E-state index is 0.0505. The summed E-state index contributed by atoms with van der Waals surface area (Å²) in [6.45, 7) is 1.68. The largest absolute Gasteiger partial charge is 0.497 e. The van der Waals surface area contributed by atoms with Crippen molar-refractivity contribution in [1.82, 2.24) is 10.0 Å². The Hall–Kier alpha value is -2.53. The first-order chi connectivity index (χ1) is 11.3. The summed E-state index contributed by atoms with van der Waals surface area (Å²) >= 11 is 0. The molecular weight excluding hydrogens is 290 g/mol. The summed E-state index contributed by atoms with van der Waals surface area (Å²) in [7, 11) is 1.66. The third-order valence-corrected chi connectivity index (χ3v) is 4.47. The molecule has 2 aromatic carbocycles. The zero-order valence-electron chi connectivity index (χ0n) is 13.1. The normalized spacial score (nSPS) is 20.9. The van der Waals surface area contributed by atoms with Gasteiger partial charge in [-0.1, -0.05) is 30.3 Å². The van der Waals surface area contributed by atoms with E-state index in [4.69, 9.17) is 4.74 Å². The molecule has 0 aromatic heterocycles. The molecule has 0 spiro atoms. The average Bonchev–Trinajstić information content (AvgIpc) is 3.18. The maximum Gasteiger partial charge on any atom is 0.340 e. The summed E-state index contributed by atoms with van der Waals surface area (Å²) in [6.07, 6.45) is 0.916. The van der Waals surface area contributed by atoms with Crippen molar-refractivity contribution in [3.05, 3.63) is 60.2 Å². The van der Waals surface area contributed by atoms with Crippen molar-refractivity contribution in [3.63, 3.8) is 0 Å². The van der Waals surface area contributed by atoms with E-state index in [2.05, 4.69) is 5.01 Å². The van der Waals surface area contributed by atoms with Crippen LogP contribution in [0.15, 0.2) is 54.6 Å². The van der Waals surface area contributed by atoms with Gasteiger partial charge in [-0.05, 0) is 36.2 Å². The molecule has 0 bridgehead atoms. The highest BCUT2D eigenvalue weighted by molar-refractivity contribution is 5.94. The smallest absolute Gasteiger partial charge is 0.340 e. The molecule has 0 aliphatic carbocycles. The lowest BCUT2D eigenvalue weighted by molar-refractivity contribution is 0.0727. The second-order valence-electron chi connectivity index (χ2n) is 5.77. The Bertz CT molecular complexity index is 702. The van der Waals surface area contributed by atoms with Crippen LogP contribution in [0.3, 0.4) is 0 Å². The molecule has 0 N–H and O–H groups in total. The fourth-order valence-corrected chi connectivity index (χ4v) is 3.39. The summed E-state index contributed by atoms with van der Waals surface area (Å²) in [5.41, 5.74) is 2.01. The van der Waals surface area contributed by atoms with Crippen molar-refractivity contribution in [2.75, 3.05) is 25.1 Å². The molecule has 2 fully saturated rings. The van der Waals surface area contributed by atoms with E-state index in [1.807, 2.05) is 64.5 Å². The van der Waals surface area contributed by atoms with Crippen LogP contribution in [-0.2, 0) is 0 Å². The molecule has 0 saturated carbocycles. The van der Waals surface area contributed by atoms with Crippen molar-refractivity contribution in [1.29, 1.82) is 0 Å². The maximum atomic E-state index is 12.9. The predicted octanol–water partition coefficient (Wildman–Crippen LogP) is 3.26. The van der Waals surface area contributed by atoms with E-state index >= 15 is 0 Å². The van der Waals surface area contributed by atoms with Crippen LogP contribution in [0.1, 0.15) is 18.2 Å². The number of hydrogen-bond acceptors (Lipinski definition) is 3. The first-order valence-electron chi connectivity index (χ1n) is 7.86. The maximum absolute atomic E-state index is 12.9. The van der Waals surface area contributed by atoms with Gasteiger partial charge in [0.2, 0.25) is 0 Å². The fraction of sp³-hybridized carbons (Fsp3) is 0.278. The number of carbonyl (C=O) groups excluding carboxylic acids is 1. The highest BCUT2D eigenvalue weighted by Gasteiger charge is 2.47. The second kappa shape index (κ2) is 5.59. The molecule has 2 saturated heterocycles. The SMILES string of the molecule is COc1ccc([C@@H]2N(c3ccccc3)C(=O)N3CCCN23)cc1. The number of ether oxygens (including phenoxy) is 1. The van der Waals surface area contributed by atoms with Crippen molar-refractivity contribution in [2.45, 2.75) is 12.6 Å². The lowest BCUT2D eigenvalue weighted by Gasteiger charge is -2.28. The Labute approximate surface area is 135 Å². The van der Waals surface area contributed by atoms with Gasteiger partial charge in [0.15, 0.2) is 0 Å². The molecule has 118 valence electrons. The van der Waals surface area contributed by atoms with Crippen LogP contribution >= 0.6 is 0 Å². The van der Waals surface area contributed by atoms with Gasteiger partial charge in [0.05, 0.1) is 7.11 Å². The van der Waals surface area contributed by atoms with Crippen molar-refractivity contribution in [2.24, 2.45) is 0 Å². The molecule has 5 nitrogen and oxygen atoms in total. The predicted molar refractivity (Wildman–Crippen MR) is 88.1 cm³/mol. The Morgan fingerprint density at radius 3 is 2.43 bits per heavy atom. The molecule has 0 unspecified atom stereocenters. The number of amides is 2. The molecule has 0 radical (unpaired) electrons. The number of benzene rings is 2. The third kappa shape index (κ3) is 2.24. The van der Waals surface area contributed by atoms with E-state index in [1.165, 1.54) is 0 Å². The van der Waals surface area contributed by atoms with Gasteiger partial charge in [-0.15, -0.1) is 0 Å². The molecule has 4 rings (SSSR count). The van der Waals surface area contributed by atoms with E-state index in [1.54, 1.807) is 7.11 Å². The minimum atomic E-state index is -0.0988. The summed E-state index contributed by atoms with van der Waals surface area (Å²) in [6, 6.07) is 17.9.